The van der Waals surface area contributed by atoms with Gasteiger partial charge in [0, 0.05) is 11.6 Å². The molecule has 0 aliphatic carbocycles. The Morgan fingerprint density at radius 3 is 2.56 bits per heavy atom. The molecule has 1 atom stereocenters. The van der Waals surface area contributed by atoms with Crippen LogP contribution in [0.4, 0.5) is 10.1 Å². The van der Waals surface area contributed by atoms with Crippen LogP contribution in [0.15, 0.2) is 42.5 Å². The van der Waals surface area contributed by atoms with E-state index >= 15 is 0 Å². The monoisotopic (exact) mass is 384 g/mol. The van der Waals surface area contributed by atoms with Gasteiger partial charge in [0.05, 0.1) is 16.8 Å². The van der Waals surface area contributed by atoms with Crippen molar-refractivity contribution in [3.05, 3.63) is 58.3 Å². The van der Waals surface area contributed by atoms with Crippen molar-refractivity contribution >= 4 is 34.8 Å². The third-order valence-corrected chi connectivity index (χ3v) is 4.32. The van der Waals surface area contributed by atoms with E-state index in [9.17, 15) is 9.18 Å². The molecule has 7 heteroatoms. The van der Waals surface area contributed by atoms with Gasteiger partial charge in [-0.15, -0.1) is 0 Å². The molecule has 2 aromatic rings. The summed E-state index contributed by atoms with van der Waals surface area (Å²) in [6.45, 7) is 2.75. The van der Waals surface area contributed by atoms with Crippen molar-refractivity contribution in [2.75, 3.05) is 25.5 Å². The predicted octanol–water partition coefficient (Wildman–Crippen LogP) is 4.47. The summed E-state index contributed by atoms with van der Waals surface area (Å²) in [5, 5.41) is 3.51. The number of benzene rings is 2. The fourth-order valence-corrected chi connectivity index (χ4v) is 2.40. The number of nitrogens with one attached hydrogen (secondary N) is 1. The van der Waals surface area contributed by atoms with Gasteiger partial charge in [-0.1, -0.05) is 23.2 Å². The summed E-state index contributed by atoms with van der Waals surface area (Å²) in [5.41, 5.74) is 0.380. The van der Waals surface area contributed by atoms with Crippen molar-refractivity contribution in [2.24, 2.45) is 0 Å². The van der Waals surface area contributed by atoms with Crippen molar-refractivity contribution in [2.45, 2.75) is 13.0 Å². The highest BCUT2D eigenvalue weighted by Crippen LogP contribution is 2.22. The minimum atomic E-state index is -0.451. The molecular formula is C18H19Cl2FN2O2. The molecule has 0 saturated carbocycles. The van der Waals surface area contributed by atoms with Gasteiger partial charge < -0.3 is 10.1 Å². The van der Waals surface area contributed by atoms with E-state index in [-0.39, 0.29) is 10.9 Å². The third-order valence-electron chi connectivity index (χ3n) is 3.76. The van der Waals surface area contributed by atoms with Crippen LogP contribution < -0.4 is 10.1 Å². The van der Waals surface area contributed by atoms with Gasteiger partial charge in [0.2, 0.25) is 5.91 Å². The molecule has 0 unspecified atom stereocenters. The van der Waals surface area contributed by atoms with Crippen LogP contribution in [0.5, 0.6) is 5.75 Å². The van der Waals surface area contributed by atoms with Gasteiger partial charge in [-0.05, 0) is 56.4 Å². The van der Waals surface area contributed by atoms with E-state index in [1.807, 2.05) is 11.9 Å². The molecule has 0 radical (unpaired) electrons. The molecule has 1 N–H and O–H groups in total. The number of amides is 1. The Morgan fingerprint density at radius 1 is 1.24 bits per heavy atom. The maximum Gasteiger partial charge on any atom is 0.241 e. The molecule has 0 aliphatic rings. The van der Waals surface area contributed by atoms with Crippen LogP contribution in [0.25, 0.3) is 0 Å². The summed E-state index contributed by atoms with van der Waals surface area (Å²) < 4.78 is 18.7. The van der Waals surface area contributed by atoms with E-state index in [0.717, 1.165) is 6.07 Å². The van der Waals surface area contributed by atoms with Gasteiger partial charge in [-0.25, -0.2) is 4.39 Å². The highest BCUT2D eigenvalue weighted by molar-refractivity contribution is 6.33. The first kappa shape index (κ1) is 19.5. The number of carbonyl (C=O) groups is 1. The number of carbonyl (C=O) groups excluding carboxylic acids is 1. The van der Waals surface area contributed by atoms with Gasteiger partial charge in [0.1, 0.15) is 18.2 Å². The number of nitrogens with zero attached hydrogens (tertiary/aromatic N) is 1. The fourth-order valence-electron chi connectivity index (χ4n) is 2.06. The van der Waals surface area contributed by atoms with Crippen LogP contribution in [-0.2, 0) is 4.79 Å². The number of hydrogen-bond donors (Lipinski definition) is 1. The average Bonchev–Trinajstić information content (AvgIpc) is 2.58. The average molecular weight is 385 g/mol. The first-order valence-corrected chi connectivity index (χ1v) is 8.47. The zero-order chi connectivity index (χ0) is 18.4. The van der Waals surface area contributed by atoms with Crippen LogP contribution in [0, 0.1) is 5.82 Å². The van der Waals surface area contributed by atoms with Crippen molar-refractivity contribution < 1.29 is 13.9 Å². The quantitative estimate of drug-likeness (QED) is 0.765. The Hall–Kier alpha value is -1.82. The Bertz CT molecular complexity index is 726. The van der Waals surface area contributed by atoms with Crippen LogP contribution in [0.1, 0.15) is 6.92 Å². The summed E-state index contributed by atoms with van der Waals surface area (Å²) in [6, 6.07) is 10.5. The summed E-state index contributed by atoms with van der Waals surface area (Å²) in [5.74, 6) is 0.0306. The molecule has 0 fully saturated rings. The number of hydrogen-bond acceptors (Lipinski definition) is 3. The topological polar surface area (TPSA) is 41.6 Å². The van der Waals surface area contributed by atoms with E-state index in [4.69, 9.17) is 27.9 Å². The standard InChI is InChI=1S/C18H19Cl2FN2O2/c1-12(18(24)22-17-8-5-14(21)11-16(17)20)23(2)9-10-25-15-6-3-13(19)4-7-15/h3-8,11-12H,9-10H2,1-2H3,(H,22,24)/t12-/m1/s1. The van der Waals surface area contributed by atoms with E-state index in [1.54, 1.807) is 31.2 Å². The lowest BCUT2D eigenvalue weighted by Gasteiger charge is -2.24. The maximum absolute atomic E-state index is 13.0. The lowest BCUT2D eigenvalue weighted by Crippen LogP contribution is -2.41. The molecule has 2 rings (SSSR count). The van der Waals surface area contributed by atoms with E-state index in [0.29, 0.717) is 29.6 Å². The Labute approximate surface area is 156 Å². The maximum atomic E-state index is 13.0. The van der Waals surface area contributed by atoms with Crippen LogP contribution >= 0.6 is 23.2 Å². The first-order chi connectivity index (χ1) is 11.9. The van der Waals surface area contributed by atoms with Crippen LogP contribution in [-0.4, -0.2) is 37.0 Å². The van der Waals surface area contributed by atoms with Gasteiger partial charge >= 0.3 is 0 Å². The smallest absolute Gasteiger partial charge is 0.241 e. The lowest BCUT2D eigenvalue weighted by atomic mass is 10.2. The van der Waals surface area contributed by atoms with E-state index in [2.05, 4.69) is 5.32 Å². The SMILES string of the molecule is C[C@H](C(=O)Nc1ccc(F)cc1Cl)N(C)CCOc1ccc(Cl)cc1. The molecule has 2 aromatic carbocycles. The molecule has 0 saturated heterocycles. The molecule has 0 bridgehead atoms. The molecule has 4 nitrogen and oxygen atoms in total. The van der Waals surface area contributed by atoms with Crippen molar-refractivity contribution in [3.8, 4) is 5.75 Å². The molecule has 0 heterocycles. The van der Waals surface area contributed by atoms with Gasteiger partial charge in [0.25, 0.3) is 0 Å². The normalized spacial score (nSPS) is 12.1. The number of likely N-dealkylation sites (N-methyl/N-ethyl adjacent to an activating group) is 1. The largest absolute Gasteiger partial charge is 0.492 e. The van der Waals surface area contributed by atoms with Crippen LogP contribution in [0.2, 0.25) is 10.0 Å². The lowest BCUT2D eigenvalue weighted by molar-refractivity contribution is -0.120. The van der Waals surface area contributed by atoms with Gasteiger partial charge in [-0.2, -0.15) is 0 Å². The molecule has 0 spiro atoms. The molecule has 0 aliphatic heterocycles. The first-order valence-electron chi connectivity index (χ1n) is 7.71. The molecule has 134 valence electrons. The Kier molecular flexibility index (Phi) is 7.05. The Morgan fingerprint density at radius 2 is 1.92 bits per heavy atom. The highest BCUT2D eigenvalue weighted by Gasteiger charge is 2.19. The summed E-state index contributed by atoms with van der Waals surface area (Å²) in [7, 11) is 1.82. The van der Waals surface area contributed by atoms with Crippen molar-refractivity contribution in [1.82, 2.24) is 4.90 Å². The summed E-state index contributed by atoms with van der Waals surface area (Å²) in [6.07, 6.45) is 0. The number of halogens is 3. The summed E-state index contributed by atoms with van der Waals surface area (Å²) >= 11 is 11.7. The van der Waals surface area contributed by atoms with Crippen molar-refractivity contribution in [1.29, 1.82) is 0 Å². The van der Waals surface area contributed by atoms with Crippen LogP contribution in [0.3, 0.4) is 0 Å². The number of rotatable bonds is 7. The zero-order valence-corrected chi connectivity index (χ0v) is 15.4. The predicted molar refractivity (Wildman–Crippen MR) is 99.1 cm³/mol. The molecule has 25 heavy (non-hydrogen) atoms. The summed E-state index contributed by atoms with van der Waals surface area (Å²) in [4.78, 5) is 14.2. The highest BCUT2D eigenvalue weighted by atomic mass is 35.5. The second-order valence-corrected chi connectivity index (χ2v) is 6.42. The molecular weight excluding hydrogens is 366 g/mol. The zero-order valence-electron chi connectivity index (χ0n) is 13.9. The Balaban J connectivity index is 1.82. The van der Waals surface area contributed by atoms with Gasteiger partial charge in [0.15, 0.2) is 0 Å². The van der Waals surface area contributed by atoms with E-state index < -0.39 is 11.9 Å². The van der Waals surface area contributed by atoms with E-state index in [1.165, 1.54) is 12.1 Å². The molecule has 1 amide bonds. The van der Waals surface area contributed by atoms with Crippen molar-refractivity contribution in [3.63, 3.8) is 0 Å². The fraction of sp³-hybridized carbons (Fsp3) is 0.278. The minimum absolute atomic E-state index is 0.161. The number of anilines is 1. The minimum Gasteiger partial charge on any atom is -0.492 e. The number of ether oxygens (including phenoxy) is 1. The molecule has 0 aromatic heterocycles. The van der Waals surface area contributed by atoms with Gasteiger partial charge in [-0.3, -0.25) is 9.69 Å². The second-order valence-electron chi connectivity index (χ2n) is 5.57. The second kappa shape index (κ2) is 9.04. The third kappa shape index (κ3) is 5.88.